The third-order valence-corrected chi connectivity index (χ3v) is 1.48. The minimum atomic E-state index is 0.743. The van der Waals surface area contributed by atoms with Gasteiger partial charge < -0.3 is 0 Å². The van der Waals surface area contributed by atoms with E-state index >= 15 is 0 Å². The molecule has 4 nitrogen and oxygen atoms in total. The lowest BCUT2D eigenvalue weighted by atomic mass is 10.3. The van der Waals surface area contributed by atoms with Gasteiger partial charge in [-0.25, -0.2) is 9.97 Å². The maximum atomic E-state index is 4.07. The Bertz CT molecular complexity index is 380. The highest BCUT2D eigenvalue weighted by molar-refractivity contribution is 5.74. The normalized spacial score (nSPS) is 10.3. The van der Waals surface area contributed by atoms with Gasteiger partial charge in [-0.3, -0.25) is 0 Å². The van der Waals surface area contributed by atoms with Crippen molar-refractivity contribution in [2.75, 3.05) is 0 Å². The van der Waals surface area contributed by atoms with Gasteiger partial charge >= 0.3 is 0 Å². The predicted molar refractivity (Wildman–Crippen MR) is 39.9 cm³/mol. The van der Waals surface area contributed by atoms with E-state index < -0.39 is 0 Å². The fraction of sp³-hybridized carbons (Fsp3) is 0.143. The molecule has 0 aliphatic rings. The molecule has 0 atom stereocenters. The largest absolute Gasteiger partial charge is 0.242 e. The summed E-state index contributed by atoms with van der Waals surface area (Å²) in [7, 11) is 0. The minimum Gasteiger partial charge on any atom is -0.242 e. The molecule has 0 fully saturated rings. The van der Waals surface area contributed by atoms with Crippen LogP contribution in [0.25, 0.3) is 11.0 Å². The molecule has 0 unspecified atom stereocenters. The van der Waals surface area contributed by atoms with Crippen molar-refractivity contribution in [3.63, 3.8) is 0 Å². The second-order valence-electron chi connectivity index (χ2n) is 2.28. The van der Waals surface area contributed by atoms with Crippen molar-refractivity contribution in [3.05, 3.63) is 24.3 Å². The summed E-state index contributed by atoms with van der Waals surface area (Å²) in [6, 6.07) is 0. The molecule has 0 aromatic carbocycles. The van der Waals surface area contributed by atoms with Gasteiger partial charge in [-0.1, -0.05) is 0 Å². The molecule has 0 aliphatic carbocycles. The van der Waals surface area contributed by atoms with Crippen LogP contribution < -0.4 is 0 Å². The molecule has 0 bridgehead atoms. The van der Waals surface area contributed by atoms with Gasteiger partial charge in [-0.05, 0) is 12.5 Å². The lowest BCUT2D eigenvalue weighted by molar-refractivity contribution is 1.04. The molecule has 0 saturated carbocycles. The Kier molecular flexibility index (Phi) is 1.25. The molecule has 0 spiro atoms. The van der Waals surface area contributed by atoms with Crippen LogP contribution in [0.1, 0.15) is 5.56 Å². The van der Waals surface area contributed by atoms with Crippen LogP contribution in [-0.4, -0.2) is 20.2 Å². The maximum Gasteiger partial charge on any atom is 0.130 e. The molecule has 54 valence electrons. The van der Waals surface area contributed by atoms with Crippen LogP contribution >= 0.6 is 0 Å². The van der Waals surface area contributed by atoms with Crippen LogP contribution in [0, 0.1) is 6.92 Å². The highest BCUT2D eigenvalue weighted by atomic mass is 15.1. The Morgan fingerprint density at radius 2 is 2.18 bits per heavy atom. The van der Waals surface area contributed by atoms with Gasteiger partial charge in [0.25, 0.3) is 0 Å². The molecule has 4 heteroatoms. The van der Waals surface area contributed by atoms with Crippen molar-refractivity contribution in [1.82, 2.24) is 20.2 Å². The van der Waals surface area contributed by atoms with Gasteiger partial charge in [0.2, 0.25) is 0 Å². The van der Waals surface area contributed by atoms with Gasteiger partial charge in [-0.2, -0.15) is 5.10 Å². The van der Waals surface area contributed by atoms with Crippen LogP contribution in [-0.2, 0) is 0 Å². The first-order chi connectivity index (χ1) is 5.38. The average molecular weight is 146 g/mol. The zero-order chi connectivity index (χ0) is 7.68. The van der Waals surface area contributed by atoms with Crippen molar-refractivity contribution in [1.29, 1.82) is 0 Å². The third-order valence-electron chi connectivity index (χ3n) is 1.48. The Balaban J connectivity index is 2.91. The summed E-state index contributed by atoms with van der Waals surface area (Å²) in [6.07, 6.45) is 4.86. The van der Waals surface area contributed by atoms with Crippen LogP contribution in [0.4, 0.5) is 0 Å². The van der Waals surface area contributed by atoms with Crippen molar-refractivity contribution < 1.29 is 0 Å². The fourth-order valence-electron chi connectivity index (χ4n) is 0.938. The van der Waals surface area contributed by atoms with Gasteiger partial charge in [0.15, 0.2) is 0 Å². The zero-order valence-electron chi connectivity index (χ0n) is 6.02. The van der Waals surface area contributed by atoms with Crippen molar-refractivity contribution in [3.8, 4) is 0 Å². The van der Waals surface area contributed by atoms with Crippen LogP contribution in [0.5, 0.6) is 0 Å². The van der Waals surface area contributed by atoms with E-state index in [1.54, 1.807) is 12.4 Å². The highest BCUT2D eigenvalue weighted by Gasteiger charge is 1.97. The third kappa shape index (κ3) is 0.920. The monoisotopic (exact) mass is 146 g/mol. The number of rotatable bonds is 0. The lowest BCUT2D eigenvalue weighted by Gasteiger charge is -1.94. The van der Waals surface area contributed by atoms with Gasteiger partial charge in [0.1, 0.15) is 11.8 Å². The number of hydrogen-bond donors (Lipinski definition) is 0. The number of hydrogen-bond acceptors (Lipinski definition) is 4. The first kappa shape index (κ1) is 6.15. The smallest absolute Gasteiger partial charge is 0.130 e. The molecule has 2 aromatic heterocycles. The Hall–Kier alpha value is -1.58. The fourth-order valence-corrected chi connectivity index (χ4v) is 0.938. The van der Waals surface area contributed by atoms with Crippen molar-refractivity contribution in [2.45, 2.75) is 6.92 Å². The second-order valence-corrected chi connectivity index (χ2v) is 2.28. The maximum absolute atomic E-state index is 4.07. The number of aromatic nitrogens is 4. The van der Waals surface area contributed by atoms with E-state index in [0.717, 1.165) is 16.6 Å². The zero-order valence-corrected chi connectivity index (χ0v) is 6.02. The molecule has 11 heavy (non-hydrogen) atoms. The van der Waals surface area contributed by atoms with E-state index in [1.165, 1.54) is 6.33 Å². The van der Waals surface area contributed by atoms with Crippen LogP contribution in [0.3, 0.4) is 0 Å². The van der Waals surface area contributed by atoms with Crippen molar-refractivity contribution >= 4 is 11.0 Å². The first-order valence-corrected chi connectivity index (χ1v) is 3.26. The minimum absolute atomic E-state index is 0.743. The summed E-state index contributed by atoms with van der Waals surface area (Å²) in [6.45, 7) is 1.95. The first-order valence-electron chi connectivity index (χ1n) is 3.26. The molecule has 0 radical (unpaired) electrons. The Labute approximate surface area is 63.3 Å². The van der Waals surface area contributed by atoms with Crippen LogP contribution in [0.15, 0.2) is 18.7 Å². The molecule has 2 heterocycles. The predicted octanol–water partition coefficient (Wildman–Crippen LogP) is 0.728. The number of aryl methyl sites for hydroxylation is 1. The molecular weight excluding hydrogens is 140 g/mol. The number of fused-ring (bicyclic) bond motifs is 1. The quantitative estimate of drug-likeness (QED) is 0.549. The van der Waals surface area contributed by atoms with E-state index in [0.29, 0.717) is 0 Å². The summed E-state index contributed by atoms with van der Waals surface area (Å²) >= 11 is 0. The second kappa shape index (κ2) is 2.23. The highest BCUT2D eigenvalue weighted by Crippen LogP contribution is 2.07. The summed E-state index contributed by atoms with van der Waals surface area (Å²) < 4.78 is 0. The summed E-state index contributed by atoms with van der Waals surface area (Å²) in [5.41, 5.74) is 2.64. The molecule has 2 rings (SSSR count). The van der Waals surface area contributed by atoms with Crippen molar-refractivity contribution in [2.24, 2.45) is 0 Å². The summed E-state index contributed by atoms with van der Waals surface area (Å²) in [4.78, 5) is 7.91. The summed E-state index contributed by atoms with van der Waals surface area (Å²) in [5, 5.41) is 7.65. The Morgan fingerprint density at radius 3 is 3.00 bits per heavy atom. The SMILES string of the molecule is Cc1cnnc2cncnc12. The lowest BCUT2D eigenvalue weighted by Crippen LogP contribution is -1.89. The molecule has 2 aromatic rings. The molecule has 0 aliphatic heterocycles. The van der Waals surface area contributed by atoms with E-state index in [-0.39, 0.29) is 0 Å². The van der Waals surface area contributed by atoms with Crippen LogP contribution in [0.2, 0.25) is 0 Å². The molecular formula is C7H6N4. The average Bonchev–Trinajstić information content (AvgIpc) is 2.06. The van der Waals surface area contributed by atoms with Gasteiger partial charge in [0, 0.05) is 0 Å². The van der Waals surface area contributed by atoms with E-state index in [9.17, 15) is 0 Å². The van der Waals surface area contributed by atoms with E-state index in [1.807, 2.05) is 6.92 Å². The van der Waals surface area contributed by atoms with Gasteiger partial charge in [-0.15, -0.1) is 5.10 Å². The topological polar surface area (TPSA) is 51.6 Å². The molecule has 0 amide bonds. The van der Waals surface area contributed by atoms with E-state index in [4.69, 9.17) is 0 Å². The number of nitrogens with zero attached hydrogens (tertiary/aromatic N) is 4. The van der Waals surface area contributed by atoms with E-state index in [2.05, 4.69) is 20.2 Å². The summed E-state index contributed by atoms with van der Waals surface area (Å²) in [5.74, 6) is 0. The molecule has 0 N–H and O–H groups in total. The standard InChI is InChI=1S/C7H6N4/c1-5-2-10-11-6-3-8-4-9-7(5)6/h2-4H,1H3. The van der Waals surface area contributed by atoms with Gasteiger partial charge in [0.05, 0.1) is 17.9 Å². The Morgan fingerprint density at radius 1 is 1.27 bits per heavy atom. The molecule has 0 saturated heterocycles.